The molecule has 0 aromatic heterocycles. The average molecular weight is 287 g/mol. The quantitative estimate of drug-likeness (QED) is 0.815. The predicted molar refractivity (Wildman–Crippen MR) is 85.0 cm³/mol. The van der Waals surface area contributed by atoms with E-state index in [2.05, 4.69) is 12.2 Å². The maximum Gasteiger partial charge on any atom is 0.128 e. The second kappa shape index (κ2) is 7.79. The molecule has 0 fully saturated rings. The fourth-order valence-corrected chi connectivity index (χ4v) is 2.16. The zero-order valence-electron chi connectivity index (χ0n) is 12.7. The number of halogens is 1. The highest BCUT2D eigenvalue weighted by Crippen LogP contribution is 2.31. The van der Waals surface area contributed by atoms with Gasteiger partial charge in [0.1, 0.15) is 11.6 Å². The van der Waals surface area contributed by atoms with E-state index >= 15 is 0 Å². The number of rotatable bonds is 7. The molecule has 0 saturated carbocycles. The van der Waals surface area contributed by atoms with Gasteiger partial charge in [0.2, 0.25) is 0 Å². The van der Waals surface area contributed by atoms with Crippen molar-refractivity contribution in [2.45, 2.75) is 26.8 Å². The summed E-state index contributed by atoms with van der Waals surface area (Å²) in [5.41, 5.74) is 2.46. The first kappa shape index (κ1) is 15.5. The lowest BCUT2D eigenvalue weighted by Gasteiger charge is -2.12. The summed E-state index contributed by atoms with van der Waals surface area (Å²) in [4.78, 5) is 0. The Labute approximate surface area is 126 Å². The van der Waals surface area contributed by atoms with Crippen molar-refractivity contribution in [1.82, 2.24) is 5.32 Å². The maximum atomic E-state index is 14.2. The molecule has 0 heterocycles. The molecule has 0 atom stereocenters. The summed E-state index contributed by atoms with van der Waals surface area (Å²) in [6.45, 7) is 6.12. The standard InChI is InChI=1S/C18H22FNO/c1-3-11-21-18-8-6-5-7-16(18)14-9-10-15(13-20-4-2)17(19)12-14/h5-10,12,20H,3-4,11,13H2,1-2H3. The molecule has 0 bridgehead atoms. The Morgan fingerprint density at radius 3 is 2.62 bits per heavy atom. The van der Waals surface area contributed by atoms with Gasteiger partial charge >= 0.3 is 0 Å². The first-order chi connectivity index (χ1) is 10.3. The van der Waals surface area contributed by atoms with Crippen LogP contribution in [-0.2, 0) is 6.54 Å². The summed E-state index contributed by atoms with van der Waals surface area (Å²) in [5, 5.41) is 3.14. The van der Waals surface area contributed by atoms with Crippen molar-refractivity contribution in [3.63, 3.8) is 0 Å². The third-order valence-corrected chi connectivity index (χ3v) is 3.28. The molecule has 1 N–H and O–H groups in total. The van der Waals surface area contributed by atoms with Crippen molar-refractivity contribution >= 4 is 0 Å². The monoisotopic (exact) mass is 287 g/mol. The second-order valence-electron chi connectivity index (χ2n) is 4.93. The highest BCUT2D eigenvalue weighted by Gasteiger charge is 2.09. The fraction of sp³-hybridized carbons (Fsp3) is 0.333. The summed E-state index contributed by atoms with van der Waals surface area (Å²) in [6, 6.07) is 13.1. The molecule has 2 aromatic rings. The van der Waals surface area contributed by atoms with Gasteiger partial charge < -0.3 is 10.1 Å². The van der Waals surface area contributed by atoms with Crippen LogP contribution < -0.4 is 10.1 Å². The van der Waals surface area contributed by atoms with Crippen molar-refractivity contribution < 1.29 is 9.13 Å². The van der Waals surface area contributed by atoms with E-state index in [1.165, 1.54) is 0 Å². The first-order valence-corrected chi connectivity index (χ1v) is 7.47. The average Bonchev–Trinajstić information content (AvgIpc) is 2.52. The molecule has 112 valence electrons. The molecule has 0 unspecified atom stereocenters. The zero-order chi connectivity index (χ0) is 15.1. The Bertz CT molecular complexity index is 583. The third kappa shape index (κ3) is 4.05. The largest absolute Gasteiger partial charge is 0.493 e. The fourth-order valence-electron chi connectivity index (χ4n) is 2.16. The van der Waals surface area contributed by atoms with E-state index in [-0.39, 0.29) is 5.82 Å². The molecule has 0 aliphatic carbocycles. The van der Waals surface area contributed by atoms with Crippen LogP contribution in [0.4, 0.5) is 4.39 Å². The van der Waals surface area contributed by atoms with Crippen LogP contribution >= 0.6 is 0 Å². The Morgan fingerprint density at radius 1 is 1.10 bits per heavy atom. The normalized spacial score (nSPS) is 10.6. The number of ether oxygens (including phenoxy) is 1. The molecule has 0 aliphatic heterocycles. The van der Waals surface area contributed by atoms with Crippen LogP contribution in [0.1, 0.15) is 25.8 Å². The molecule has 0 radical (unpaired) electrons. The highest BCUT2D eigenvalue weighted by molar-refractivity contribution is 5.70. The molecule has 2 rings (SSSR count). The van der Waals surface area contributed by atoms with Crippen LogP contribution in [0.15, 0.2) is 42.5 Å². The second-order valence-corrected chi connectivity index (χ2v) is 4.93. The Hall–Kier alpha value is -1.87. The SMILES string of the molecule is CCCOc1ccccc1-c1ccc(CNCC)c(F)c1. The molecule has 0 amide bonds. The van der Waals surface area contributed by atoms with Gasteiger partial charge in [-0.2, -0.15) is 0 Å². The number of nitrogens with one attached hydrogen (secondary N) is 1. The molecule has 0 aliphatic rings. The van der Waals surface area contributed by atoms with E-state index < -0.39 is 0 Å². The number of hydrogen-bond acceptors (Lipinski definition) is 2. The minimum Gasteiger partial charge on any atom is -0.493 e. The maximum absolute atomic E-state index is 14.2. The van der Waals surface area contributed by atoms with E-state index in [1.54, 1.807) is 6.07 Å². The Kier molecular flexibility index (Phi) is 5.76. The van der Waals surface area contributed by atoms with Crippen molar-refractivity contribution in [3.8, 4) is 16.9 Å². The number of hydrogen-bond donors (Lipinski definition) is 1. The number of benzene rings is 2. The summed E-state index contributed by atoms with van der Waals surface area (Å²) in [6.07, 6.45) is 0.949. The van der Waals surface area contributed by atoms with Crippen molar-refractivity contribution in [2.24, 2.45) is 0 Å². The molecule has 3 heteroatoms. The van der Waals surface area contributed by atoms with E-state index in [9.17, 15) is 4.39 Å². The van der Waals surface area contributed by atoms with Crippen molar-refractivity contribution in [1.29, 1.82) is 0 Å². The van der Waals surface area contributed by atoms with Crippen molar-refractivity contribution in [3.05, 3.63) is 53.8 Å². The van der Waals surface area contributed by atoms with E-state index in [1.807, 2.05) is 43.3 Å². The summed E-state index contributed by atoms with van der Waals surface area (Å²) in [5.74, 6) is 0.622. The lowest BCUT2D eigenvalue weighted by atomic mass is 10.0. The van der Waals surface area contributed by atoms with Gasteiger partial charge in [-0.1, -0.05) is 44.2 Å². The van der Waals surface area contributed by atoms with Gasteiger partial charge in [-0.05, 0) is 30.7 Å². The summed E-state index contributed by atoms with van der Waals surface area (Å²) >= 11 is 0. The smallest absolute Gasteiger partial charge is 0.128 e. The van der Waals surface area contributed by atoms with Gasteiger partial charge in [-0.25, -0.2) is 4.39 Å². The van der Waals surface area contributed by atoms with E-state index in [0.717, 1.165) is 29.8 Å². The van der Waals surface area contributed by atoms with Gasteiger partial charge in [-0.3, -0.25) is 0 Å². The molecular weight excluding hydrogens is 265 g/mol. The lowest BCUT2D eigenvalue weighted by Crippen LogP contribution is -2.12. The van der Waals surface area contributed by atoms with Gasteiger partial charge in [0, 0.05) is 17.7 Å². The van der Waals surface area contributed by atoms with Gasteiger partial charge in [0.05, 0.1) is 6.61 Å². The predicted octanol–water partition coefficient (Wildman–Crippen LogP) is 4.39. The van der Waals surface area contributed by atoms with Crippen LogP contribution in [0.5, 0.6) is 5.75 Å². The molecule has 2 nitrogen and oxygen atoms in total. The molecular formula is C18H22FNO. The molecule has 2 aromatic carbocycles. The third-order valence-electron chi connectivity index (χ3n) is 3.28. The molecule has 21 heavy (non-hydrogen) atoms. The van der Waals surface area contributed by atoms with E-state index in [4.69, 9.17) is 4.74 Å². The van der Waals surface area contributed by atoms with Crippen LogP contribution in [-0.4, -0.2) is 13.2 Å². The number of para-hydroxylation sites is 1. The summed E-state index contributed by atoms with van der Waals surface area (Å²) < 4.78 is 19.9. The van der Waals surface area contributed by atoms with Crippen molar-refractivity contribution in [2.75, 3.05) is 13.2 Å². The van der Waals surface area contributed by atoms with Crippen LogP contribution in [0.2, 0.25) is 0 Å². The topological polar surface area (TPSA) is 21.3 Å². The minimum absolute atomic E-state index is 0.182. The van der Waals surface area contributed by atoms with Gasteiger partial charge in [0.25, 0.3) is 0 Å². The Morgan fingerprint density at radius 2 is 1.90 bits per heavy atom. The minimum atomic E-state index is -0.182. The molecule has 0 spiro atoms. The van der Waals surface area contributed by atoms with Crippen LogP contribution in [0.3, 0.4) is 0 Å². The van der Waals surface area contributed by atoms with E-state index in [0.29, 0.717) is 18.7 Å². The summed E-state index contributed by atoms with van der Waals surface area (Å²) in [7, 11) is 0. The zero-order valence-corrected chi connectivity index (χ0v) is 12.7. The molecule has 0 saturated heterocycles. The van der Waals surface area contributed by atoms with Crippen LogP contribution in [0, 0.1) is 5.82 Å². The Balaban J connectivity index is 2.27. The van der Waals surface area contributed by atoms with Gasteiger partial charge in [-0.15, -0.1) is 0 Å². The highest BCUT2D eigenvalue weighted by atomic mass is 19.1. The first-order valence-electron chi connectivity index (χ1n) is 7.47. The lowest BCUT2D eigenvalue weighted by molar-refractivity contribution is 0.318. The van der Waals surface area contributed by atoms with Crippen LogP contribution in [0.25, 0.3) is 11.1 Å². The van der Waals surface area contributed by atoms with Gasteiger partial charge in [0.15, 0.2) is 0 Å².